The van der Waals surface area contributed by atoms with E-state index in [4.69, 9.17) is 0 Å². The molecule has 0 aliphatic heterocycles. The van der Waals surface area contributed by atoms with E-state index in [0.717, 1.165) is 23.3 Å². The molecule has 0 saturated heterocycles. The molecule has 2 N–H and O–H groups in total. The second kappa shape index (κ2) is 4.86. The zero-order valence-corrected chi connectivity index (χ0v) is 11.4. The van der Waals surface area contributed by atoms with Crippen LogP contribution in [0.3, 0.4) is 0 Å². The Kier molecular flexibility index (Phi) is 3.20. The molecule has 1 aliphatic carbocycles. The number of aliphatic hydroxyl groups is 1. The molecule has 1 heterocycles. The maximum atomic E-state index is 11.7. The largest absolute Gasteiger partial charge is 0.389 e. The Hall–Kier alpha value is -1.53. The molecule has 1 aliphatic rings. The standard InChI is InChI=1S/C13H15N3O2S/c1-8(17)9-2-6-11(7-3-9)19-13-15-14-12(18)16(13)10-4-5-10/h2-3,6-8,10,17H,4-5H2,1H3,(H,14,18)/t8-/m1/s1. The molecule has 0 bridgehead atoms. The van der Waals surface area contributed by atoms with E-state index in [2.05, 4.69) is 10.2 Å². The second-order valence-corrected chi connectivity index (χ2v) is 5.80. The van der Waals surface area contributed by atoms with Crippen molar-refractivity contribution in [2.24, 2.45) is 0 Å². The molecule has 0 unspecified atom stereocenters. The van der Waals surface area contributed by atoms with E-state index in [0.29, 0.717) is 11.2 Å². The van der Waals surface area contributed by atoms with Crippen LogP contribution in [0.15, 0.2) is 39.1 Å². The summed E-state index contributed by atoms with van der Waals surface area (Å²) in [6, 6.07) is 7.95. The molecule has 0 spiro atoms. The number of rotatable bonds is 4. The summed E-state index contributed by atoms with van der Waals surface area (Å²) in [7, 11) is 0. The molecule has 1 aromatic carbocycles. The van der Waals surface area contributed by atoms with Crippen molar-refractivity contribution in [3.63, 3.8) is 0 Å². The Morgan fingerprint density at radius 1 is 1.42 bits per heavy atom. The summed E-state index contributed by atoms with van der Waals surface area (Å²) in [6.07, 6.45) is 1.64. The molecule has 2 aromatic rings. The van der Waals surface area contributed by atoms with Crippen molar-refractivity contribution in [2.45, 2.75) is 42.0 Å². The van der Waals surface area contributed by atoms with Crippen LogP contribution in [-0.2, 0) is 0 Å². The van der Waals surface area contributed by atoms with Gasteiger partial charge in [0.2, 0.25) is 0 Å². The molecule has 1 aromatic heterocycles. The van der Waals surface area contributed by atoms with Gasteiger partial charge < -0.3 is 5.11 Å². The van der Waals surface area contributed by atoms with Crippen LogP contribution in [0.1, 0.15) is 37.5 Å². The van der Waals surface area contributed by atoms with Gasteiger partial charge in [0, 0.05) is 10.9 Å². The third kappa shape index (κ3) is 2.59. The second-order valence-electron chi connectivity index (χ2n) is 4.76. The molecule has 1 fully saturated rings. The zero-order valence-electron chi connectivity index (χ0n) is 10.5. The molecule has 0 radical (unpaired) electrons. The third-order valence-corrected chi connectivity index (χ3v) is 4.13. The fourth-order valence-corrected chi connectivity index (χ4v) is 2.84. The Balaban J connectivity index is 1.83. The van der Waals surface area contributed by atoms with Crippen LogP contribution in [0.2, 0.25) is 0 Å². The Labute approximate surface area is 114 Å². The average molecular weight is 277 g/mol. The van der Waals surface area contributed by atoms with Crippen molar-refractivity contribution < 1.29 is 5.11 Å². The highest BCUT2D eigenvalue weighted by Crippen LogP contribution is 2.37. The smallest absolute Gasteiger partial charge is 0.344 e. The third-order valence-electron chi connectivity index (χ3n) is 3.16. The van der Waals surface area contributed by atoms with Gasteiger partial charge in [0.05, 0.1) is 6.10 Å². The van der Waals surface area contributed by atoms with Crippen LogP contribution < -0.4 is 5.69 Å². The SMILES string of the molecule is C[C@@H](O)c1ccc(Sc2n[nH]c(=O)n2C2CC2)cc1. The number of H-pyrrole nitrogens is 1. The van der Waals surface area contributed by atoms with E-state index in [9.17, 15) is 9.90 Å². The van der Waals surface area contributed by atoms with E-state index in [1.54, 1.807) is 11.5 Å². The average Bonchev–Trinajstić information content (AvgIpc) is 3.16. The van der Waals surface area contributed by atoms with E-state index in [-0.39, 0.29) is 5.69 Å². The summed E-state index contributed by atoms with van der Waals surface area (Å²) < 4.78 is 1.73. The van der Waals surface area contributed by atoms with Crippen LogP contribution >= 0.6 is 11.8 Å². The van der Waals surface area contributed by atoms with E-state index in [1.165, 1.54) is 11.8 Å². The molecule has 0 amide bonds. The van der Waals surface area contributed by atoms with Crippen LogP contribution in [0.5, 0.6) is 0 Å². The maximum absolute atomic E-state index is 11.7. The van der Waals surface area contributed by atoms with Crippen molar-refractivity contribution in [3.05, 3.63) is 40.3 Å². The fourth-order valence-electron chi connectivity index (χ4n) is 1.94. The van der Waals surface area contributed by atoms with Crippen molar-refractivity contribution in [1.29, 1.82) is 0 Å². The van der Waals surface area contributed by atoms with Gasteiger partial charge in [0.15, 0.2) is 5.16 Å². The maximum Gasteiger partial charge on any atom is 0.344 e. The molecule has 6 heteroatoms. The number of nitrogens with zero attached hydrogens (tertiary/aromatic N) is 2. The fraction of sp³-hybridized carbons (Fsp3) is 0.385. The van der Waals surface area contributed by atoms with E-state index in [1.807, 2.05) is 24.3 Å². The highest BCUT2D eigenvalue weighted by Gasteiger charge is 2.28. The Morgan fingerprint density at radius 2 is 2.11 bits per heavy atom. The van der Waals surface area contributed by atoms with Gasteiger partial charge in [-0.05, 0) is 49.2 Å². The summed E-state index contributed by atoms with van der Waals surface area (Å²) in [5, 5.41) is 16.7. The van der Waals surface area contributed by atoms with Crippen LogP contribution in [0, 0.1) is 0 Å². The van der Waals surface area contributed by atoms with E-state index >= 15 is 0 Å². The number of benzene rings is 1. The van der Waals surface area contributed by atoms with Gasteiger partial charge in [-0.2, -0.15) is 0 Å². The summed E-state index contributed by atoms with van der Waals surface area (Å²) >= 11 is 1.46. The quantitative estimate of drug-likeness (QED) is 0.898. The summed E-state index contributed by atoms with van der Waals surface area (Å²) in [4.78, 5) is 12.7. The molecular formula is C13H15N3O2S. The first-order chi connectivity index (χ1) is 9.15. The lowest BCUT2D eigenvalue weighted by atomic mass is 10.1. The molecule has 100 valence electrons. The van der Waals surface area contributed by atoms with Gasteiger partial charge in [-0.3, -0.25) is 4.57 Å². The van der Waals surface area contributed by atoms with E-state index < -0.39 is 6.10 Å². The molecule has 1 saturated carbocycles. The summed E-state index contributed by atoms with van der Waals surface area (Å²) in [6.45, 7) is 1.74. The van der Waals surface area contributed by atoms with Crippen molar-refractivity contribution in [1.82, 2.24) is 14.8 Å². The first-order valence-electron chi connectivity index (χ1n) is 6.28. The Bertz CT molecular complexity index is 626. The first kappa shape index (κ1) is 12.5. The number of hydrogen-bond acceptors (Lipinski definition) is 4. The first-order valence-corrected chi connectivity index (χ1v) is 7.09. The highest BCUT2D eigenvalue weighted by atomic mass is 32.2. The lowest BCUT2D eigenvalue weighted by Crippen LogP contribution is -2.15. The predicted molar refractivity (Wildman–Crippen MR) is 72.3 cm³/mol. The lowest BCUT2D eigenvalue weighted by Gasteiger charge is -2.06. The van der Waals surface area contributed by atoms with Crippen LogP contribution in [0.4, 0.5) is 0 Å². The molecule has 3 rings (SSSR count). The minimum Gasteiger partial charge on any atom is -0.389 e. The summed E-state index contributed by atoms with van der Waals surface area (Å²) in [5.41, 5.74) is 0.747. The normalized spacial score (nSPS) is 16.5. The van der Waals surface area contributed by atoms with Gasteiger partial charge in [-0.1, -0.05) is 12.1 Å². The van der Waals surface area contributed by atoms with Gasteiger partial charge >= 0.3 is 5.69 Å². The number of nitrogens with one attached hydrogen (secondary N) is 1. The molecular weight excluding hydrogens is 262 g/mol. The number of aromatic nitrogens is 3. The summed E-state index contributed by atoms with van der Waals surface area (Å²) in [5.74, 6) is 0. The highest BCUT2D eigenvalue weighted by molar-refractivity contribution is 7.99. The molecule has 19 heavy (non-hydrogen) atoms. The van der Waals surface area contributed by atoms with Crippen molar-refractivity contribution in [2.75, 3.05) is 0 Å². The lowest BCUT2D eigenvalue weighted by molar-refractivity contribution is 0.199. The number of aromatic amines is 1. The minimum atomic E-state index is -0.464. The van der Waals surface area contributed by atoms with Crippen LogP contribution in [0.25, 0.3) is 0 Å². The van der Waals surface area contributed by atoms with Crippen molar-refractivity contribution >= 4 is 11.8 Å². The van der Waals surface area contributed by atoms with Gasteiger partial charge in [0.1, 0.15) is 0 Å². The number of aliphatic hydroxyl groups excluding tert-OH is 1. The number of hydrogen-bond donors (Lipinski definition) is 2. The molecule has 5 nitrogen and oxygen atoms in total. The molecule has 1 atom stereocenters. The van der Waals surface area contributed by atoms with Gasteiger partial charge in [-0.25, -0.2) is 9.89 Å². The minimum absolute atomic E-state index is 0.134. The van der Waals surface area contributed by atoms with Gasteiger partial charge in [0.25, 0.3) is 0 Å². The predicted octanol–water partition coefficient (Wildman–Crippen LogP) is 2.11. The topological polar surface area (TPSA) is 70.9 Å². The van der Waals surface area contributed by atoms with Gasteiger partial charge in [-0.15, -0.1) is 5.10 Å². The van der Waals surface area contributed by atoms with Crippen molar-refractivity contribution in [3.8, 4) is 0 Å². The van der Waals surface area contributed by atoms with Crippen LogP contribution in [-0.4, -0.2) is 19.9 Å². The monoisotopic (exact) mass is 277 g/mol. The Morgan fingerprint density at radius 3 is 2.68 bits per heavy atom. The zero-order chi connectivity index (χ0) is 13.4.